The van der Waals surface area contributed by atoms with Crippen molar-refractivity contribution >= 4 is 0 Å². The van der Waals surface area contributed by atoms with Gasteiger partial charge < -0.3 is 10.2 Å². The van der Waals surface area contributed by atoms with Crippen LogP contribution in [0.3, 0.4) is 0 Å². The molecule has 110 valence electrons. The van der Waals surface area contributed by atoms with Crippen LogP contribution in [0.1, 0.15) is 37.2 Å². The van der Waals surface area contributed by atoms with E-state index >= 15 is 0 Å². The molecule has 0 saturated heterocycles. The van der Waals surface area contributed by atoms with Gasteiger partial charge in [0.25, 0.3) is 0 Å². The van der Waals surface area contributed by atoms with E-state index in [9.17, 15) is 0 Å². The Balaban J connectivity index is 2.17. The topological polar surface area (TPSA) is 33.1 Å². The number of nitrogens with zero attached hydrogens (tertiary/aromatic N) is 3. The molecule has 0 amide bonds. The molecule has 0 aliphatic carbocycles. The van der Waals surface area contributed by atoms with Crippen molar-refractivity contribution < 1.29 is 0 Å². The molecule has 4 nitrogen and oxygen atoms in total. The fraction of sp³-hybridized carbons (Fsp3) is 0.800. The molecule has 0 aliphatic heterocycles. The molecule has 1 aromatic heterocycles. The summed E-state index contributed by atoms with van der Waals surface area (Å²) in [6.45, 7) is 14.3. The molecule has 1 N–H and O–H groups in total. The Labute approximate surface area is 118 Å². The van der Waals surface area contributed by atoms with E-state index in [1.165, 1.54) is 23.4 Å². The molecule has 1 heterocycles. The second-order valence-electron chi connectivity index (χ2n) is 5.15. The average Bonchev–Trinajstić information content (AvgIpc) is 2.64. The van der Waals surface area contributed by atoms with Crippen molar-refractivity contribution in [3.8, 4) is 0 Å². The Bertz CT molecular complexity index is 366. The third-order valence-corrected chi connectivity index (χ3v) is 3.94. The van der Waals surface area contributed by atoms with Crippen molar-refractivity contribution in [3.63, 3.8) is 0 Å². The maximum absolute atomic E-state index is 4.46. The second-order valence-corrected chi connectivity index (χ2v) is 5.15. The summed E-state index contributed by atoms with van der Waals surface area (Å²) in [5.74, 6) is 0. The predicted octanol–water partition coefficient (Wildman–Crippen LogP) is 1.90. The minimum Gasteiger partial charge on any atom is -0.315 e. The van der Waals surface area contributed by atoms with E-state index in [1.807, 2.05) is 11.7 Å². The summed E-state index contributed by atoms with van der Waals surface area (Å²) < 4.78 is 1.98. The molecular weight excluding hydrogens is 236 g/mol. The Morgan fingerprint density at radius 3 is 2.37 bits per heavy atom. The summed E-state index contributed by atoms with van der Waals surface area (Å²) in [5, 5.41) is 7.99. The van der Waals surface area contributed by atoms with Crippen molar-refractivity contribution in [1.82, 2.24) is 20.0 Å². The molecule has 4 heteroatoms. The van der Waals surface area contributed by atoms with E-state index < -0.39 is 0 Å². The quantitative estimate of drug-likeness (QED) is 0.693. The number of aryl methyl sites for hydroxylation is 2. The molecule has 0 saturated carbocycles. The number of likely N-dealkylation sites (N-methyl/N-ethyl adjacent to an activating group) is 1. The highest BCUT2D eigenvalue weighted by Gasteiger charge is 2.08. The molecule has 0 radical (unpaired) electrons. The van der Waals surface area contributed by atoms with Crippen molar-refractivity contribution in [1.29, 1.82) is 0 Å². The van der Waals surface area contributed by atoms with Gasteiger partial charge in [-0.2, -0.15) is 5.10 Å². The monoisotopic (exact) mass is 266 g/mol. The lowest BCUT2D eigenvalue weighted by Crippen LogP contribution is -2.32. The van der Waals surface area contributed by atoms with Gasteiger partial charge in [-0.1, -0.05) is 13.8 Å². The van der Waals surface area contributed by atoms with Gasteiger partial charge >= 0.3 is 0 Å². The van der Waals surface area contributed by atoms with Crippen LogP contribution in [0.2, 0.25) is 0 Å². The van der Waals surface area contributed by atoms with Crippen molar-refractivity contribution in [2.75, 3.05) is 32.7 Å². The normalized spacial score (nSPS) is 11.5. The maximum Gasteiger partial charge on any atom is 0.0628 e. The summed E-state index contributed by atoms with van der Waals surface area (Å²) in [6, 6.07) is 0. The minimum atomic E-state index is 1.09. The summed E-state index contributed by atoms with van der Waals surface area (Å²) in [4.78, 5) is 2.45. The second kappa shape index (κ2) is 8.33. The highest BCUT2D eigenvalue weighted by Crippen LogP contribution is 2.13. The van der Waals surface area contributed by atoms with Crippen LogP contribution in [0, 0.1) is 13.8 Å². The highest BCUT2D eigenvalue weighted by atomic mass is 15.3. The van der Waals surface area contributed by atoms with Crippen LogP contribution in [-0.4, -0.2) is 47.4 Å². The molecule has 0 unspecified atom stereocenters. The molecule has 1 rings (SSSR count). The summed E-state index contributed by atoms with van der Waals surface area (Å²) in [6.07, 6.45) is 2.31. The molecule has 0 aromatic carbocycles. The fourth-order valence-electron chi connectivity index (χ4n) is 2.47. The van der Waals surface area contributed by atoms with E-state index in [2.05, 4.69) is 43.0 Å². The van der Waals surface area contributed by atoms with Crippen LogP contribution in [0.25, 0.3) is 0 Å². The lowest BCUT2D eigenvalue weighted by atomic mass is 10.1. The van der Waals surface area contributed by atoms with Gasteiger partial charge in [0.15, 0.2) is 0 Å². The number of hydrogen-bond donors (Lipinski definition) is 1. The van der Waals surface area contributed by atoms with E-state index in [0.717, 1.165) is 39.1 Å². The van der Waals surface area contributed by atoms with Gasteiger partial charge in [0, 0.05) is 25.8 Å². The van der Waals surface area contributed by atoms with Gasteiger partial charge in [0.2, 0.25) is 0 Å². The summed E-state index contributed by atoms with van der Waals surface area (Å²) in [7, 11) is 2.02. The third-order valence-electron chi connectivity index (χ3n) is 3.94. The predicted molar refractivity (Wildman–Crippen MR) is 81.7 cm³/mol. The average molecular weight is 266 g/mol. The van der Waals surface area contributed by atoms with Crippen LogP contribution in [0.15, 0.2) is 0 Å². The molecule has 0 aliphatic rings. The number of nitrogens with one attached hydrogen (secondary N) is 1. The van der Waals surface area contributed by atoms with E-state index in [4.69, 9.17) is 0 Å². The zero-order chi connectivity index (χ0) is 14.3. The molecule has 0 spiro atoms. The molecular formula is C15H30N4. The Hall–Kier alpha value is -0.870. The molecule has 0 fully saturated rings. The van der Waals surface area contributed by atoms with Crippen molar-refractivity contribution in [2.24, 2.45) is 7.05 Å². The third kappa shape index (κ3) is 4.96. The Morgan fingerprint density at radius 2 is 1.84 bits per heavy atom. The number of hydrogen-bond acceptors (Lipinski definition) is 3. The highest BCUT2D eigenvalue weighted by molar-refractivity contribution is 5.24. The van der Waals surface area contributed by atoms with Gasteiger partial charge in [-0.25, -0.2) is 0 Å². The maximum atomic E-state index is 4.46. The summed E-state index contributed by atoms with van der Waals surface area (Å²) >= 11 is 0. The molecule has 0 bridgehead atoms. The van der Waals surface area contributed by atoms with Crippen LogP contribution < -0.4 is 5.32 Å². The Morgan fingerprint density at radius 1 is 1.16 bits per heavy atom. The van der Waals surface area contributed by atoms with E-state index in [-0.39, 0.29) is 0 Å². The molecule has 1 aromatic rings. The lowest BCUT2D eigenvalue weighted by molar-refractivity contribution is 0.302. The van der Waals surface area contributed by atoms with E-state index in [1.54, 1.807) is 0 Å². The lowest BCUT2D eigenvalue weighted by Gasteiger charge is -2.17. The molecule has 0 atom stereocenters. The minimum absolute atomic E-state index is 1.09. The van der Waals surface area contributed by atoms with Gasteiger partial charge in [0.1, 0.15) is 0 Å². The van der Waals surface area contributed by atoms with Gasteiger partial charge in [-0.15, -0.1) is 0 Å². The smallest absolute Gasteiger partial charge is 0.0628 e. The van der Waals surface area contributed by atoms with Gasteiger partial charge in [0.05, 0.1) is 5.69 Å². The first kappa shape index (κ1) is 16.2. The van der Waals surface area contributed by atoms with E-state index in [0.29, 0.717) is 0 Å². The first-order valence-electron chi connectivity index (χ1n) is 7.52. The zero-order valence-corrected chi connectivity index (χ0v) is 13.3. The first-order valence-corrected chi connectivity index (χ1v) is 7.52. The fourth-order valence-corrected chi connectivity index (χ4v) is 2.47. The molecule has 19 heavy (non-hydrogen) atoms. The summed E-state index contributed by atoms with van der Waals surface area (Å²) in [5.41, 5.74) is 3.91. The largest absolute Gasteiger partial charge is 0.315 e. The van der Waals surface area contributed by atoms with Crippen LogP contribution in [0.4, 0.5) is 0 Å². The van der Waals surface area contributed by atoms with Gasteiger partial charge in [-0.05, 0) is 51.9 Å². The van der Waals surface area contributed by atoms with Crippen molar-refractivity contribution in [2.45, 2.75) is 40.5 Å². The van der Waals surface area contributed by atoms with Crippen molar-refractivity contribution in [3.05, 3.63) is 17.0 Å². The number of aromatic nitrogens is 2. The van der Waals surface area contributed by atoms with Crippen LogP contribution in [-0.2, 0) is 13.5 Å². The Kier molecular flexibility index (Phi) is 7.10. The SMILES string of the molecule is CCN(CC)CCNCCCc1c(C)nn(C)c1C. The van der Waals surface area contributed by atoms with Gasteiger partial charge in [-0.3, -0.25) is 4.68 Å². The van der Waals surface area contributed by atoms with Crippen LogP contribution in [0.5, 0.6) is 0 Å². The standard InChI is InChI=1S/C15H30N4/c1-6-19(7-2)12-11-16-10-8-9-15-13(3)17-18(5)14(15)4/h16H,6-12H2,1-5H3. The zero-order valence-electron chi connectivity index (χ0n) is 13.3. The van der Waals surface area contributed by atoms with Crippen LogP contribution >= 0.6 is 0 Å². The first-order chi connectivity index (χ1) is 9.10. The number of rotatable bonds is 9.